The molecule has 142 valence electrons. The molecule has 1 aromatic heterocycles. The van der Waals surface area contributed by atoms with Gasteiger partial charge in [0.2, 0.25) is 5.91 Å². The molecule has 0 aliphatic carbocycles. The van der Waals surface area contributed by atoms with Crippen molar-refractivity contribution in [1.82, 2.24) is 15.5 Å². The van der Waals surface area contributed by atoms with Crippen LogP contribution in [0.5, 0.6) is 0 Å². The van der Waals surface area contributed by atoms with E-state index in [-0.39, 0.29) is 11.3 Å². The second-order valence-corrected chi connectivity index (χ2v) is 7.05. The first-order valence-corrected chi connectivity index (χ1v) is 8.86. The van der Waals surface area contributed by atoms with Gasteiger partial charge in [-0.2, -0.15) is 0 Å². The summed E-state index contributed by atoms with van der Waals surface area (Å²) >= 11 is 0. The fourth-order valence-corrected chi connectivity index (χ4v) is 3.87. The van der Waals surface area contributed by atoms with Gasteiger partial charge in [0, 0.05) is 38.5 Å². The number of nitrogens with zero attached hydrogens (tertiary/aromatic N) is 2. The molecule has 3 heterocycles. The lowest BCUT2D eigenvalue weighted by Crippen LogP contribution is -2.51. The predicted octanol–water partition coefficient (Wildman–Crippen LogP) is 1.05. The Morgan fingerprint density at radius 3 is 3.00 bits per heavy atom. The van der Waals surface area contributed by atoms with E-state index in [0.717, 1.165) is 38.4 Å². The molecule has 0 saturated carbocycles. The number of rotatable bonds is 3. The Hall–Kier alpha value is -2.51. The second kappa shape index (κ2) is 7.39. The van der Waals surface area contributed by atoms with Gasteiger partial charge in [0.1, 0.15) is 17.1 Å². The first-order valence-electron chi connectivity index (χ1n) is 8.86. The summed E-state index contributed by atoms with van der Waals surface area (Å²) in [5.74, 6) is 1.69. The number of hydrogen-bond acceptors (Lipinski definition) is 5. The van der Waals surface area contributed by atoms with Crippen molar-refractivity contribution in [2.24, 2.45) is 10.4 Å². The zero-order valence-electron chi connectivity index (χ0n) is 15.6. The third-order valence-corrected chi connectivity index (χ3v) is 5.16. The van der Waals surface area contributed by atoms with Crippen LogP contribution in [0.1, 0.15) is 41.1 Å². The molecule has 3 rings (SSSR count). The molecule has 0 radical (unpaired) electrons. The van der Waals surface area contributed by atoms with Gasteiger partial charge in [0.25, 0.3) is 0 Å². The van der Waals surface area contributed by atoms with Crippen LogP contribution in [0, 0.1) is 12.3 Å². The number of piperidine rings is 1. The molecule has 2 saturated heterocycles. The molecular formula is C18H26N4O4. The zero-order valence-corrected chi connectivity index (χ0v) is 15.6. The molecule has 1 aromatic rings. The van der Waals surface area contributed by atoms with Crippen molar-refractivity contribution < 1.29 is 18.7 Å². The molecule has 2 N–H and O–H groups in total. The van der Waals surface area contributed by atoms with Gasteiger partial charge in [0.05, 0.1) is 13.7 Å². The van der Waals surface area contributed by atoms with Crippen molar-refractivity contribution in [3.05, 3.63) is 23.2 Å². The van der Waals surface area contributed by atoms with Crippen LogP contribution < -0.4 is 10.6 Å². The van der Waals surface area contributed by atoms with Crippen LogP contribution in [0.4, 0.5) is 0 Å². The van der Waals surface area contributed by atoms with Crippen molar-refractivity contribution >= 4 is 17.8 Å². The summed E-state index contributed by atoms with van der Waals surface area (Å²) in [5, 5.41) is 6.25. The number of carbonyl (C=O) groups is 2. The van der Waals surface area contributed by atoms with Crippen LogP contribution in [0.25, 0.3) is 0 Å². The molecule has 2 fully saturated rings. The van der Waals surface area contributed by atoms with Gasteiger partial charge >= 0.3 is 5.97 Å². The fraction of sp³-hybridized carbons (Fsp3) is 0.611. The highest BCUT2D eigenvalue weighted by Gasteiger charge is 2.42. The van der Waals surface area contributed by atoms with E-state index >= 15 is 0 Å². The van der Waals surface area contributed by atoms with Gasteiger partial charge in [-0.3, -0.25) is 9.79 Å². The Labute approximate surface area is 153 Å². The summed E-state index contributed by atoms with van der Waals surface area (Å²) in [7, 11) is 3.10. The van der Waals surface area contributed by atoms with Crippen LogP contribution in [0.15, 0.2) is 15.5 Å². The minimum absolute atomic E-state index is 0.00623. The quantitative estimate of drug-likeness (QED) is 0.474. The number of esters is 1. The topological polar surface area (TPSA) is 96.2 Å². The van der Waals surface area contributed by atoms with E-state index in [1.807, 2.05) is 0 Å². The minimum Gasteiger partial charge on any atom is -0.465 e. The van der Waals surface area contributed by atoms with Crippen LogP contribution in [0.2, 0.25) is 0 Å². The molecule has 2 aliphatic rings. The zero-order chi connectivity index (χ0) is 18.7. The smallest absolute Gasteiger partial charge is 0.341 e. The van der Waals surface area contributed by atoms with E-state index in [4.69, 9.17) is 9.15 Å². The standard InChI is InChI=1S/C18H26N4O4/c1-12-14(16(24)25-3)7-13(26-12)9-20-17(19-2)22-6-4-5-18(11-22)8-15(23)21-10-18/h7H,4-6,8-11H2,1-3H3,(H,19,20)(H,21,23). The maximum Gasteiger partial charge on any atom is 0.341 e. The molecule has 8 nitrogen and oxygen atoms in total. The van der Waals surface area contributed by atoms with E-state index in [0.29, 0.717) is 30.0 Å². The monoisotopic (exact) mass is 362 g/mol. The molecule has 26 heavy (non-hydrogen) atoms. The molecular weight excluding hydrogens is 336 g/mol. The normalized spacial score (nSPS) is 23.3. The van der Waals surface area contributed by atoms with Crippen LogP contribution in [-0.4, -0.2) is 56.5 Å². The molecule has 1 amide bonds. The average Bonchev–Trinajstić information content (AvgIpc) is 3.17. The number of aliphatic imine (C=N–C) groups is 1. The first kappa shape index (κ1) is 18.3. The third kappa shape index (κ3) is 3.68. The number of likely N-dealkylation sites (tertiary alicyclic amines) is 1. The van der Waals surface area contributed by atoms with Crippen molar-refractivity contribution in [2.45, 2.75) is 32.7 Å². The lowest BCUT2D eigenvalue weighted by Gasteiger charge is -2.40. The number of nitrogens with one attached hydrogen (secondary N) is 2. The summed E-state index contributed by atoms with van der Waals surface area (Å²) in [4.78, 5) is 29.9. The van der Waals surface area contributed by atoms with Crippen molar-refractivity contribution in [3.63, 3.8) is 0 Å². The molecule has 8 heteroatoms. The molecule has 1 unspecified atom stereocenters. The molecule has 1 atom stereocenters. The van der Waals surface area contributed by atoms with Crippen LogP contribution in [-0.2, 0) is 16.1 Å². The third-order valence-electron chi connectivity index (χ3n) is 5.16. The molecule has 1 spiro atoms. The lowest BCUT2D eigenvalue weighted by atomic mass is 9.79. The van der Waals surface area contributed by atoms with Gasteiger partial charge in [0.15, 0.2) is 5.96 Å². The number of ether oxygens (including phenoxy) is 1. The Balaban J connectivity index is 1.63. The van der Waals surface area contributed by atoms with Crippen LogP contribution in [0.3, 0.4) is 0 Å². The summed E-state index contributed by atoms with van der Waals surface area (Å²) < 4.78 is 10.4. The number of amides is 1. The minimum atomic E-state index is -0.404. The van der Waals surface area contributed by atoms with Gasteiger partial charge in [-0.25, -0.2) is 4.79 Å². The Bertz CT molecular complexity index is 727. The van der Waals surface area contributed by atoms with E-state index in [1.54, 1.807) is 20.0 Å². The van der Waals surface area contributed by atoms with Crippen molar-refractivity contribution in [2.75, 3.05) is 33.8 Å². The van der Waals surface area contributed by atoms with E-state index in [2.05, 4.69) is 20.5 Å². The maximum atomic E-state index is 11.7. The number of guanidine groups is 1. The molecule has 0 bridgehead atoms. The summed E-state index contributed by atoms with van der Waals surface area (Å²) in [5.41, 5.74) is 0.443. The summed E-state index contributed by atoms with van der Waals surface area (Å²) in [6, 6.07) is 1.69. The van der Waals surface area contributed by atoms with Crippen LogP contribution >= 0.6 is 0 Å². The second-order valence-electron chi connectivity index (χ2n) is 7.05. The summed E-state index contributed by atoms with van der Waals surface area (Å²) in [6.07, 6.45) is 2.67. The molecule has 0 aromatic carbocycles. The van der Waals surface area contributed by atoms with Crippen molar-refractivity contribution in [3.8, 4) is 0 Å². The number of hydrogen-bond donors (Lipinski definition) is 2. The number of aryl methyl sites for hydroxylation is 1. The SMILES string of the molecule is CN=C(NCc1cc(C(=O)OC)c(C)o1)N1CCCC2(CNC(=O)C2)C1. The lowest BCUT2D eigenvalue weighted by molar-refractivity contribution is -0.119. The number of carbonyl (C=O) groups excluding carboxylic acids is 2. The molecule has 2 aliphatic heterocycles. The Morgan fingerprint density at radius 1 is 1.54 bits per heavy atom. The fourth-order valence-electron chi connectivity index (χ4n) is 3.87. The highest BCUT2D eigenvalue weighted by molar-refractivity contribution is 5.90. The van der Waals surface area contributed by atoms with E-state index in [1.165, 1.54) is 7.11 Å². The van der Waals surface area contributed by atoms with Gasteiger partial charge in [-0.15, -0.1) is 0 Å². The largest absolute Gasteiger partial charge is 0.465 e. The highest BCUT2D eigenvalue weighted by atomic mass is 16.5. The Morgan fingerprint density at radius 2 is 2.35 bits per heavy atom. The van der Waals surface area contributed by atoms with E-state index in [9.17, 15) is 9.59 Å². The van der Waals surface area contributed by atoms with Crippen molar-refractivity contribution in [1.29, 1.82) is 0 Å². The maximum absolute atomic E-state index is 11.7. The predicted molar refractivity (Wildman–Crippen MR) is 95.8 cm³/mol. The average molecular weight is 362 g/mol. The number of furan rings is 1. The highest BCUT2D eigenvalue weighted by Crippen LogP contribution is 2.36. The van der Waals surface area contributed by atoms with Gasteiger partial charge in [-0.05, 0) is 25.8 Å². The first-order chi connectivity index (χ1) is 12.5. The number of methoxy groups -OCH3 is 1. The van der Waals surface area contributed by atoms with E-state index < -0.39 is 5.97 Å². The van der Waals surface area contributed by atoms with Gasteiger partial charge in [-0.1, -0.05) is 0 Å². The summed E-state index contributed by atoms with van der Waals surface area (Å²) in [6.45, 7) is 4.60. The van der Waals surface area contributed by atoms with Gasteiger partial charge < -0.3 is 24.7 Å². The Kier molecular flexibility index (Phi) is 5.20.